The lowest BCUT2D eigenvalue weighted by Gasteiger charge is -2.12. The first-order chi connectivity index (χ1) is 15.5. The van der Waals surface area contributed by atoms with Gasteiger partial charge in [0.25, 0.3) is 5.91 Å². The summed E-state index contributed by atoms with van der Waals surface area (Å²) in [4.78, 5) is 12.5. The first-order valence-electron chi connectivity index (χ1n) is 9.78. The molecule has 0 aliphatic rings. The van der Waals surface area contributed by atoms with E-state index in [1.165, 1.54) is 18.2 Å². The van der Waals surface area contributed by atoms with Crippen LogP contribution in [0.25, 0.3) is 6.08 Å². The summed E-state index contributed by atoms with van der Waals surface area (Å²) in [6.07, 6.45) is 3.80. The zero-order chi connectivity index (χ0) is 22.9. The highest BCUT2D eigenvalue weighted by atomic mass is 79.9. The van der Waals surface area contributed by atoms with Crippen molar-refractivity contribution in [2.75, 3.05) is 5.32 Å². The SMILES string of the molecule is C=CCc1cc(/C=C(/C#N)C(=O)Nc2cccc(Br)c2)ccc1OCc1cccc(F)c1. The average Bonchev–Trinajstić information content (AvgIpc) is 2.77. The molecule has 0 aromatic heterocycles. The Hall–Kier alpha value is -3.69. The maximum absolute atomic E-state index is 13.4. The smallest absolute Gasteiger partial charge is 0.266 e. The van der Waals surface area contributed by atoms with Crippen molar-refractivity contribution < 1.29 is 13.9 Å². The van der Waals surface area contributed by atoms with E-state index in [9.17, 15) is 14.4 Å². The highest BCUT2D eigenvalue weighted by Gasteiger charge is 2.11. The molecule has 6 heteroatoms. The zero-order valence-corrected chi connectivity index (χ0v) is 18.7. The molecule has 0 aliphatic carbocycles. The lowest BCUT2D eigenvalue weighted by molar-refractivity contribution is -0.112. The molecule has 0 radical (unpaired) electrons. The third-order valence-corrected chi connectivity index (χ3v) is 4.98. The van der Waals surface area contributed by atoms with Crippen molar-refractivity contribution in [2.45, 2.75) is 13.0 Å². The Morgan fingerprint density at radius 1 is 1.16 bits per heavy atom. The highest BCUT2D eigenvalue weighted by molar-refractivity contribution is 9.10. The maximum Gasteiger partial charge on any atom is 0.266 e. The number of carbonyl (C=O) groups is 1. The van der Waals surface area contributed by atoms with Crippen molar-refractivity contribution in [3.05, 3.63) is 112 Å². The predicted molar refractivity (Wildman–Crippen MR) is 127 cm³/mol. The van der Waals surface area contributed by atoms with Crippen molar-refractivity contribution in [3.8, 4) is 11.8 Å². The Labute approximate surface area is 194 Å². The van der Waals surface area contributed by atoms with E-state index in [0.717, 1.165) is 15.6 Å². The van der Waals surface area contributed by atoms with Crippen LogP contribution in [0.15, 0.2) is 89.4 Å². The van der Waals surface area contributed by atoms with Crippen LogP contribution in [0.4, 0.5) is 10.1 Å². The monoisotopic (exact) mass is 490 g/mol. The molecule has 3 aromatic carbocycles. The second kappa shape index (κ2) is 11.1. The molecule has 0 fully saturated rings. The molecule has 0 saturated heterocycles. The molecule has 0 spiro atoms. The summed E-state index contributed by atoms with van der Waals surface area (Å²) in [5.41, 5.74) is 2.80. The van der Waals surface area contributed by atoms with Crippen LogP contribution in [0.2, 0.25) is 0 Å². The summed E-state index contributed by atoms with van der Waals surface area (Å²) in [6, 6.07) is 20.7. The van der Waals surface area contributed by atoms with Gasteiger partial charge in [-0.05, 0) is 71.7 Å². The van der Waals surface area contributed by atoms with E-state index in [-0.39, 0.29) is 18.0 Å². The van der Waals surface area contributed by atoms with E-state index in [4.69, 9.17) is 4.74 Å². The highest BCUT2D eigenvalue weighted by Crippen LogP contribution is 2.24. The van der Waals surface area contributed by atoms with Crippen LogP contribution in [-0.4, -0.2) is 5.91 Å². The number of ether oxygens (including phenoxy) is 1. The standard InChI is InChI=1S/C26H20BrFN2O2/c1-2-5-20-12-18(10-11-25(20)32-17-19-6-3-8-23(28)14-19)13-21(16-29)26(31)30-24-9-4-7-22(27)15-24/h2-4,6-15H,1,5,17H2,(H,30,31)/b21-13-. The van der Waals surface area contributed by atoms with Gasteiger partial charge in [0.05, 0.1) is 0 Å². The number of nitrogens with zero attached hydrogens (tertiary/aromatic N) is 1. The lowest BCUT2D eigenvalue weighted by Crippen LogP contribution is -2.13. The van der Waals surface area contributed by atoms with E-state index in [1.54, 1.807) is 48.5 Å². The van der Waals surface area contributed by atoms with Gasteiger partial charge in [0.2, 0.25) is 0 Å². The number of amides is 1. The topological polar surface area (TPSA) is 62.1 Å². The summed E-state index contributed by atoms with van der Waals surface area (Å²) in [5.74, 6) is -0.186. The van der Waals surface area contributed by atoms with Crippen molar-refractivity contribution >= 4 is 33.6 Å². The van der Waals surface area contributed by atoms with E-state index in [2.05, 4.69) is 27.8 Å². The fraction of sp³-hybridized carbons (Fsp3) is 0.0769. The number of benzene rings is 3. The summed E-state index contributed by atoms with van der Waals surface area (Å²) in [7, 11) is 0. The summed E-state index contributed by atoms with van der Waals surface area (Å²) in [6.45, 7) is 3.99. The summed E-state index contributed by atoms with van der Waals surface area (Å²) in [5, 5.41) is 12.2. The Kier molecular flexibility index (Phi) is 7.96. The number of rotatable bonds is 8. The van der Waals surface area contributed by atoms with Gasteiger partial charge in [-0.15, -0.1) is 6.58 Å². The molecule has 0 atom stereocenters. The Balaban J connectivity index is 1.79. The number of allylic oxidation sites excluding steroid dienone is 1. The molecular weight excluding hydrogens is 471 g/mol. The molecule has 160 valence electrons. The van der Waals surface area contributed by atoms with Gasteiger partial charge in [-0.1, -0.05) is 46.3 Å². The number of nitrogens with one attached hydrogen (secondary N) is 1. The lowest BCUT2D eigenvalue weighted by atomic mass is 10.0. The first-order valence-corrected chi connectivity index (χ1v) is 10.6. The van der Waals surface area contributed by atoms with E-state index >= 15 is 0 Å². The van der Waals surface area contributed by atoms with Gasteiger partial charge in [-0.25, -0.2) is 4.39 Å². The van der Waals surface area contributed by atoms with E-state index in [0.29, 0.717) is 23.4 Å². The van der Waals surface area contributed by atoms with Gasteiger partial charge in [0.1, 0.15) is 29.8 Å². The molecule has 1 amide bonds. The Morgan fingerprint density at radius 3 is 2.69 bits per heavy atom. The van der Waals surface area contributed by atoms with Crippen molar-refractivity contribution in [1.29, 1.82) is 5.26 Å². The van der Waals surface area contributed by atoms with Crippen LogP contribution in [0.5, 0.6) is 5.75 Å². The first kappa shape index (κ1) is 23.0. The van der Waals surface area contributed by atoms with E-state index < -0.39 is 5.91 Å². The number of halogens is 2. The number of hydrogen-bond acceptors (Lipinski definition) is 3. The van der Waals surface area contributed by atoms with Gasteiger partial charge in [-0.2, -0.15) is 5.26 Å². The van der Waals surface area contributed by atoms with Gasteiger partial charge in [0, 0.05) is 10.2 Å². The Bertz CT molecular complexity index is 1210. The third kappa shape index (κ3) is 6.40. The zero-order valence-electron chi connectivity index (χ0n) is 17.1. The second-order valence-electron chi connectivity index (χ2n) is 6.91. The van der Waals surface area contributed by atoms with Gasteiger partial charge in [0.15, 0.2) is 0 Å². The fourth-order valence-electron chi connectivity index (χ4n) is 3.01. The largest absolute Gasteiger partial charge is 0.489 e. The van der Waals surface area contributed by atoms with Gasteiger partial charge < -0.3 is 10.1 Å². The number of nitriles is 1. The molecule has 3 rings (SSSR count). The average molecular weight is 491 g/mol. The minimum Gasteiger partial charge on any atom is -0.489 e. The van der Waals surface area contributed by atoms with Crippen LogP contribution < -0.4 is 10.1 Å². The van der Waals surface area contributed by atoms with Crippen molar-refractivity contribution in [3.63, 3.8) is 0 Å². The number of hydrogen-bond donors (Lipinski definition) is 1. The van der Waals surface area contributed by atoms with Crippen LogP contribution in [0.1, 0.15) is 16.7 Å². The van der Waals surface area contributed by atoms with Crippen LogP contribution >= 0.6 is 15.9 Å². The van der Waals surface area contributed by atoms with E-state index in [1.807, 2.05) is 18.2 Å². The summed E-state index contributed by atoms with van der Waals surface area (Å²) >= 11 is 3.35. The van der Waals surface area contributed by atoms with Crippen LogP contribution in [0, 0.1) is 17.1 Å². The number of anilines is 1. The maximum atomic E-state index is 13.4. The minimum absolute atomic E-state index is 0.0250. The molecular formula is C26H20BrFN2O2. The Morgan fingerprint density at radius 2 is 1.97 bits per heavy atom. The summed E-state index contributed by atoms with van der Waals surface area (Å²) < 4.78 is 20.1. The minimum atomic E-state index is -0.498. The third-order valence-electron chi connectivity index (χ3n) is 4.49. The van der Waals surface area contributed by atoms with Gasteiger partial charge >= 0.3 is 0 Å². The molecule has 32 heavy (non-hydrogen) atoms. The van der Waals surface area contributed by atoms with Crippen molar-refractivity contribution in [1.82, 2.24) is 0 Å². The van der Waals surface area contributed by atoms with Crippen molar-refractivity contribution in [2.24, 2.45) is 0 Å². The molecule has 0 aliphatic heterocycles. The molecule has 1 N–H and O–H groups in total. The van der Waals surface area contributed by atoms with Gasteiger partial charge in [-0.3, -0.25) is 4.79 Å². The number of carbonyl (C=O) groups excluding carboxylic acids is 1. The molecule has 0 unspecified atom stereocenters. The second-order valence-corrected chi connectivity index (χ2v) is 7.83. The predicted octanol–water partition coefficient (Wildman–Crippen LogP) is 6.44. The van der Waals surface area contributed by atoms with Crippen LogP contribution in [0.3, 0.4) is 0 Å². The molecule has 0 heterocycles. The normalized spacial score (nSPS) is 10.8. The molecule has 0 saturated carbocycles. The molecule has 4 nitrogen and oxygen atoms in total. The molecule has 3 aromatic rings. The molecule has 0 bridgehead atoms. The quantitative estimate of drug-likeness (QED) is 0.224. The fourth-order valence-corrected chi connectivity index (χ4v) is 3.41. The van der Waals surface area contributed by atoms with Crippen LogP contribution in [-0.2, 0) is 17.8 Å².